The fraction of sp³-hybridized carbons (Fsp3) is 0.167. The zero-order valence-electron chi connectivity index (χ0n) is 9.89. The Morgan fingerprint density at radius 2 is 1.94 bits per heavy atom. The van der Waals surface area contributed by atoms with Crippen molar-refractivity contribution in [1.29, 1.82) is 0 Å². The minimum atomic E-state index is 0.578. The molecule has 0 spiro atoms. The highest BCUT2D eigenvalue weighted by Crippen LogP contribution is 2.22. The van der Waals surface area contributed by atoms with Gasteiger partial charge in [0.05, 0.1) is 22.0 Å². The minimum Gasteiger partial charge on any atom is -0.261 e. The van der Waals surface area contributed by atoms with Gasteiger partial charge in [0.2, 0.25) is 4.80 Å². The quantitative estimate of drug-likeness (QED) is 0.759. The van der Waals surface area contributed by atoms with Crippen molar-refractivity contribution in [3.63, 3.8) is 0 Å². The fourth-order valence-electron chi connectivity index (χ4n) is 1.43. The Morgan fingerprint density at radius 3 is 2.56 bits per heavy atom. The highest BCUT2D eigenvalue weighted by Gasteiger charge is 2.03. The van der Waals surface area contributed by atoms with Crippen molar-refractivity contribution in [2.45, 2.75) is 6.92 Å². The average molecular weight is 300 g/mol. The second-order valence-corrected chi connectivity index (χ2v) is 5.23. The van der Waals surface area contributed by atoms with E-state index in [1.165, 1.54) is 11.3 Å². The number of halogens is 2. The molecule has 0 saturated heterocycles. The van der Waals surface area contributed by atoms with Gasteiger partial charge >= 0.3 is 0 Å². The third-order valence-corrected chi connectivity index (χ3v) is 4.03. The molecule has 3 nitrogen and oxygen atoms in total. The lowest BCUT2D eigenvalue weighted by Gasteiger charge is -2.01. The number of thiazole rings is 1. The number of hydrogen-bond donors (Lipinski definition) is 0. The molecule has 0 fully saturated rings. The van der Waals surface area contributed by atoms with Crippen LogP contribution in [0, 0.1) is 6.92 Å². The fourth-order valence-corrected chi connectivity index (χ4v) is 2.69. The van der Waals surface area contributed by atoms with Crippen molar-refractivity contribution in [2.75, 3.05) is 7.05 Å². The van der Waals surface area contributed by atoms with Crippen molar-refractivity contribution in [3.8, 4) is 0 Å². The van der Waals surface area contributed by atoms with Gasteiger partial charge in [-0.1, -0.05) is 29.3 Å². The molecule has 0 aliphatic heterocycles. The second kappa shape index (κ2) is 5.69. The van der Waals surface area contributed by atoms with E-state index >= 15 is 0 Å². The Morgan fingerprint density at radius 1 is 1.28 bits per heavy atom. The summed E-state index contributed by atoms with van der Waals surface area (Å²) in [5.41, 5.74) is 1.72. The molecule has 94 valence electrons. The summed E-state index contributed by atoms with van der Waals surface area (Å²) >= 11 is 13.7. The van der Waals surface area contributed by atoms with E-state index in [0.717, 1.165) is 10.5 Å². The standard InChI is InChI=1S/C12H11Cl2N3S/c1-8-7-18-12(15-2)17(8)16-6-9-10(13)4-3-5-11(9)14/h3-7H,1-2H3. The van der Waals surface area contributed by atoms with Crippen LogP contribution in [0.3, 0.4) is 0 Å². The molecule has 1 heterocycles. The highest BCUT2D eigenvalue weighted by molar-refractivity contribution is 7.07. The summed E-state index contributed by atoms with van der Waals surface area (Å²) < 4.78 is 1.75. The molecule has 0 radical (unpaired) electrons. The minimum absolute atomic E-state index is 0.578. The lowest BCUT2D eigenvalue weighted by molar-refractivity contribution is 0.805. The molecular weight excluding hydrogens is 289 g/mol. The van der Waals surface area contributed by atoms with Gasteiger partial charge in [-0.2, -0.15) is 5.10 Å². The summed E-state index contributed by atoms with van der Waals surface area (Å²) in [6.45, 7) is 1.97. The van der Waals surface area contributed by atoms with E-state index in [1.807, 2.05) is 12.3 Å². The SMILES string of the molecule is CN=c1scc(C)n1N=Cc1c(Cl)cccc1Cl. The molecule has 18 heavy (non-hydrogen) atoms. The predicted molar refractivity (Wildman–Crippen MR) is 78.0 cm³/mol. The molecule has 0 amide bonds. The van der Waals surface area contributed by atoms with Gasteiger partial charge < -0.3 is 0 Å². The van der Waals surface area contributed by atoms with Crippen LogP contribution >= 0.6 is 34.5 Å². The molecule has 6 heteroatoms. The van der Waals surface area contributed by atoms with Gasteiger partial charge in [-0.05, 0) is 19.1 Å². The van der Waals surface area contributed by atoms with Crippen molar-refractivity contribution >= 4 is 40.8 Å². The molecule has 1 aromatic heterocycles. The summed E-state index contributed by atoms with van der Waals surface area (Å²) in [5.74, 6) is 0. The zero-order valence-corrected chi connectivity index (χ0v) is 12.2. The van der Waals surface area contributed by atoms with Gasteiger partial charge in [0.15, 0.2) is 0 Å². The Kier molecular flexibility index (Phi) is 4.22. The summed E-state index contributed by atoms with van der Waals surface area (Å²) in [4.78, 5) is 4.98. The van der Waals surface area contributed by atoms with E-state index in [2.05, 4.69) is 10.1 Å². The lowest BCUT2D eigenvalue weighted by Crippen LogP contribution is -2.11. The number of rotatable bonds is 2. The zero-order chi connectivity index (χ0) is 13.1. The molecule has 0 atom stereocenters. The summed E-state index contributed by atoms with van der Waals surface area (Å²) in [6, 6.07) is 5.37. The molecule has 0 aliphatic rings. The van der Waals surface area contributed by atoms with Crippen LogP contribution in [0.2, 0.25) is 10.0 Å². The average Bonchev–Trinajstić information content (AvgIpc) is 2.70. The molecule has 2 rings (SSSR count). The van der Waals surface area contributed by atoms with Crippen molar-refractivity contribution < 1.29 is 0 Å². The van der Waals surface area contributed by atoms with Crippen LogP contribution in [0.5, 0.6) is 0 Å². The Balaban J connectivity index is 2.46. The van der Waals surface area contributed by atoms with Crippen molar-refractivity contribution in [1.82, 2.24) is 4.68 Å². The monoisotopic (exact) mass is 299 g/mol. The topological polar surface area (TPSA) is 29.6 Å². The van der Waals surface area contributed by atoms with E-state index in [4.69, 9.17) is 23.2 Å². The first-order chi connectivity index (χ1) is 8.63. The molecule has 0 N–H and O–H groups in total. The smallest absolute Gasteiger partial charge is 0.205 e. The summed E-state index contributed by atoms with van der Waals surface area (Å²) in [5, 5.41) is 7.52. The molecule has 0 saturated carbocycles. The number of benzene rings is 1. The summed E-state index contributed by atoms with van der Waals surface area (Å²) in [7, 11) is 1.74. The maximum absolute atomic E-state index is 6.08. The third kappa shape index (κ3) is 2.66. The van der Waals surface area contributed by atoms with Crippen molar-refractivity contribution in [3.05, 3.63) is 49.7 Å². The molecule has 0 aliphatic carbocycles. The van der Waals surface area contributed by atoms with Gasteiger partial charge in [0, 0.05) is 18.0 Å². The van der Waals surface area contributed by atoms with E-state index in [-0.39, 0.29) is 0 Å². The number of nitrogens with zero attached hydrogens (tertiary/aromatic N) is 3. The van der Waals surface area contributed by atoms with E-state index < -0.39 is 0 Å². The van der Waals surface area contributed by atoms with Crippen LogP contribution in [0.4, 0.5) is 0 Å². The molecule has 0 unspecified atom stereocenters. The first kappa shape index (κ1) is 13.3. The Hall–Kier alpha value is -1.10. The molecular formula is C12H11Cl2N3S. The largest absolute Gasteiger partial charge is 0.261 e. The Labute approximate surface area is 119 Å². The van der Waals surface area contributed by atoms with Crippen LogP contribution < -0.4 is 4.80 Å². The maximum Gasteiger partial charge on any atom is 0.205 e. The van der Waals surface area contributed by atoms with E-state index in [1.54, 1.807) is 36.1 Å². The normalized spacial score (nSPS) is 12.6. The molecule has 2 aromatic rings. The van der Waals surface area contributed by atoms with Gasteiger partial charge in [0.25, 0.3) is 0 Å². The number of aromatic nitrogens is 1. The maximum atomic E-state index is 6.08. The molecule has 0 bridgehead atoms. The van der Waals surface area contributed by atoms with Crippen LogP contribution in [0.25, 0.3) is 0 Å². The van der Waals surface area contributed by atoms with Gasteiger partial charge in [0.1, 0.15) is 0 Å². The third-order valence-electron chi connectivity index (χ3n) is 2.34. The predicted octanol–water partition coefficient (Wildman–Crippen LogP) is 3.58. The van der Waals surface area contributed by atoms with E-state index in [0.29, 0.717) is 15.6 Å². The van der Waals surface area contributed by atoms with Gasteiger partial charge in [-0.3, -0.25) is 4.99 Å². The summed E-state index contributed by atoms with van der Waals surface area (Å²) in [6.07, 6.45) is 1.65. The van der Waals surface area contributed by atoms with Crippen LogP contribution in [-0.2, 0) is 0 Å². The first-order valence-corrected chi connectivity index (χ1v) is 6.85. The highest BCUT2D eigenvalue weighted by atomic mass is 35.5. The van der Waals surface area contributed by atoms with E-state index in [9.17, 15) is 0 Å². The van der Waals surface area contributed by atoms with Crippen LogP contribution in [-0.4, -0.2) is 17.9 Å². The second-order valence-electron chi connectivity index (χ2n) is 3.57. The lowest BCUT2D eigenvalue weighted by atomic mass is 10.2. The van der Waals surface area contributed by atoms with Crippen LogP contribution in [0.1, 0.15) is 11.3 Å². The van der Waals surface area contributed by atoms with Gasteiger partial charge in [-0.15, -0.1) is 11.3 Å². The molecule has 1 aromatic carbocycles. The number of aryl methyl sites for hydroxylation is 1. The van der Waals surface area contributed by atoms with Crippen molar-refractivity contribution in [2.24, 2.45) is 10.1 Å². The Bertz CT molecular complexity index is 635. The number of hydrogen-bond acceptors (Lipinski definition) is 3. The van der Waals surface area contributed by atoms with Gasteiger partial charge in [-0.25, -0.2) is 4.68 Å². The first-order valence-electron chi connectivity index (χ1n) is 5.22. The van der Waals surface area contributed by atoms with Crippen LogP contribution in [0.15, 0.2) is 33.7 Å².